The Hall–Kier alpha value is -1.88. The lowest BCUT2D eigenvalue weighted by Gasteiger charge is -2.17. The van der Waals surface area contributed by atoms with Crippen molar-refractivity contribution in [2.75, 3.05) is 13.2 Å². The fraction of sp³-hybridized carbons (Fsp3) is 0.467. The second-order valence-corrected chi connectivity index (χ2v) is 5.66. The molecule has 0 spiro atoms. The summed E-state index contributed by atoms with van der Waals surface area (Å²) in [5, 5.41) is 11.6. The van der Waals surface area contributed by atoms with Gasteiger partial charge in [0, 0.05) is 13.1 Å². The molecular weight excluding hydrogens is 252 g/mol. The highest BCUT2D eigenvalue weighted by atomic mass is 16.5. The van der Waals surface area contributed by atoms with Gasteiger partial charge in [-0.1, -0.05) is 23.4 Å². The van der Waals surface area contributed by atoms with Gasteiger partial charge in [-0.3, -0.25) is 0 Å². The number of hydrogen-bond donors (Lipinski definition) is 1. The summed E-state index contributed by atoms with van der Waals surface area (Å²) < 4.78 is 7.48. The first kappa shape index (κ1) is 14.5. The minimum atomic E-state index is -0.0261. The number of para-hydroxylation sites is 1. The smallest absolute Gasteiger partial charge is 0.119 e. The van der Waals surface area contributed by atoms with E-state index in [4.69, 9.17) is 4.74 Å². The van der Waals surface area contributed by atoms with E-state index in [0.717, 1.165) is 18.0 Å². The van der Waals surface area contributed by atoms with Crippen LogP contribution in [0.4, 0.5) is 0 Å². The summed E-state index contributed by atoms with van der Waals surface area (Å²) in [7, 11) is 0. The van der Waals surface area contributed by atoms with Crippen molar-refractivity contribution in [1.29, 1.82) is 0 Å². The number of rotatable bonds is 6. The summed E-state index contributed by atoms with van der Waals surface area (Å²) in [5.74, 6) is 0.896. The average molecular weight is 274 g/mol. The van der Waals surface area contributed by atoms with Gasteiger partial charge in [-0.05, 0) is 32.9 Å². The van der Waals surface area contributed by atoms with E-state index in [1.165, 1.54) is 0 Å². The van der Waals surface area contributed by atoms with Gasteiger partial charge in [0.15, 0.2) is 0 Å². The van der Waals surface area contributed by atoms with Crippen LogP contribution in [0.1, 0.15) is 26.5 Å². The molecule has 0 atom stereocenters. The maximum absolute atomic E-state index is 5.60. The van der Waals surface area contributed by atoms with Crippen molar-refractivity contribution in [1.82, 2.24) is 20.3 Å². The first-order chi connectivity index (χ1) is 9.55. The van der Waals surface area contributed by atoms with Gasteiger partial charge in [-0.15, -0.1) is 5.10 Å². The molecule has 108 valence electrons. The zero-order valence-corrected chi connectivity index (χ0v) is 12.3. The molecular formula is C15H22N4O. The molecule has 1 N–H and O–H groups in total. The van der Waals surface area contributed by atoms with E-state index in [1.54, 1.807) is 0 Å². The van der Waals surface area contributed by atoms with Crippen LogP contribution in [0.2, 0.25) is 0 Å². The molecule has 1 heterocycles. The second kappa shape index (κ2) is 6.52. The van der Waals surface area contributed by atoms with Gasteiger partial charge >= 0.3 is 0 Å². The molecule has 0 fully saturated rings. The molecule has 1 aromatic carbocycles. The summed E-state index contributed by atoms with van der Waals surface area (Å²) in [6.45, 7) is 8.43. The van der Waals surface area contributed by atoms with Crippen molar-refractivity contribution in [3.05, 3.63) is 42.2 Å². The fourth-order valence-electron chi connectivity index (χ4n) is 1.68. The fourth-order valence-corrected chi connectivity index (χ4v) is 1.68. The van der Waals surface area contributed by atoms with Crippen LogP contribution in [-0.2, 0) is 12.1 Å². The SMILES string of the molecule is CC(C)(C)n1cc(CNCCOc2ccccc2)nn1. The highest BCUT2D eigenvalue weighted by Gasteiger charge is 2.14. The Morgan fingerprint density at radius 1 is 1.20 bits per heavy atom. The van der Waals surface area contributed by atoms with Crippen molar-refractivity contribution in [2.24, 2.45) is 0 Å². The van der Waals surface area contributed by atoms with E-state index in [2.05, 4.69) is 36.4 Å². The predicted octanol–water partition coefficient (Wildman–Crippen LogP) is 2.20. The van der Waals surface area contributed by atoms with Crippen LogP contribution in [0.15, 0.2) is 36.5 Å². The van der Waals surface area contributed by atoms with Crippen LogP contribution < -0.4 is 10.1 Å². The van der Waals surface area contributed by atoms with Gasteiger partial charge in [0.05, 0.1) is 17.4 Å². The Kier molecular flexibility index (Phi) is 4.74. The van der Waals surface area contributed by atoms with E-state index >= 15 is 0 Å². The largest absolute Gasteiger partial charge is 0.492 e. The summed E-state index contributed by atoms with van der Waals surface area (Å²) >= 11 is 0. The normalized spacial score (nSPS) is 11.6. The Morgan fingerprint density at radius 3 is 2.60 bits per heavy atom. The Morgan fingerprint density at radius 2 is 1.95 bits per heavy atom. The predicted molar refractivity (Wildman–Crippen MR) is 78.7 cm³/mol. The number of benzene rings is 1. The number of nitrogens with zero attached hydrogens (tertiary/aromatic N) is 3. The van der Waals surface area contributed by atoms with E-state index < -0.39 is 0 Å². The molecule has 20 heavy (non-hydrogen) atoms. The number of hydrogen-bond acceptors (Lipinski definition) is 4. The monoisotopic (exact) mass is 274 g/mol. The van der Waals surface area contributed by atoms with Gasteiger partial charge in [0.1, 0.15) is 12.4 Å². The van der Waals surface area contributed by atoms with Gasteiger partial charge in [0.25, 0.3) is 0 Å². The molecule has 0 unspecified atom stereocenters. The topological polar surface area (TPSA) is 52.0 Å². The molecule has 5 nitrogen and oxygen atoms in total. The lowest BCUT2D eigenvalue weighted by molar-refractivity contribution is 0.313. The molecule has 0 aliphatic heterocycles. The zero-order valence-electron chi connectivity index (χ0n) is 12.3. The van der Waals surface area contributed by atoms with Crippen molar-refractivity contribution in [3.8, 4) is 5.75 Å². The summed E-state index contributed by atoms with van der Waals surface area (Å²) in [4.78, 5) is 0. The molecule has 0 radical (unpaired) electrons. The van der Waals surface area contributed by atoms with E-state index in [-0.39, 0.29) is 5.54 Å². The van der Waals surface area contributed by atoms with Gasteiger partial charge in [-0.2, -0.15) is 0 Å². The molecule has 2 aromatic rings. The molecule has 5 heteroatoms. The van der Waals surface area contributed by atoms with Crippen molar-refractivity contribution >= 4 is 0 Å². The minimum Gasteiger partial charge on any atom is -0.492 e. The summed E-state index contributed by atoms with van der Waals surface area (Å²) in [5.41, 5.74) is 0.918. The number of ether oxygens (including phenoxy) is 1. The van der Waals surface area contributed by atoms with E-state index in [0.29, 0.717) is 13.2 Å². The molecule has 0 bridgehead atoms. The van der Waals surface area contributed by atoms with Crippen LogP contribution in [0.3, 0.4) is 0 Å². The third kappa shape index (κ3) is 4.35. The standard InChI is InChI=1S/C15H22N4O/c1-15(2,3)19-12-13(17-18-19)11-16-9-10-20-14-7-5-4-6-8-14/h4-8,12,16H,9-11H2,1-3H3. The maximum Gasteiger partial charge on any atom is 0.119 e. The molecule has 1 aromatic heterocycles. The Bertz CT molecular complexity index is 516. The second-order valence-electron chi connectivity index (χ2n) is 5.66. The van der Waals surface area contributed by atoms with Crippen LogP contribution in [-0.4, -0.2) is 28.1 Å². The zero-order chi connectivity index (χ0) is 14.4. The number of nitrogens with one attached hydrogen (secondary N) is 1. The molecule has 0 amide bonds. The molecule has 2 rings (SSSR count). The lowest BCUT2D eigenvalue weighted by atomic mass is 10.1. The first-order valence-electron chi connectivity index (χ1n) is 6.86. The average Bonchev–Trinajstić information content (AvgIpc) is 2.88. The maximum atomic E-state index is 5.60. The van der Waals surface area contributed by atoms with Crippen LogP contribution in [0, 0.1) is 0 Å². The van der Waals surface area contributed by atoms with Crippen molar-refractivity contribution in [3.63, 3.8) is 0 Å². The Labute approximate surface area is 120 Å². The number of aromatic nitrogens is 3. The van der Waals surface area contributed by atoms with Crippen molar-refractivity contribution < 1.29 is 4.74 Å². The third-order valence-electron chi connectivity index (χ3n) is 2.83. The highest BCUT2D eigenvalue weighted by Crippen LogP contribution is 2.11. The highest BCUT2D eigenvalue weighted by molar-refractivity contribution is 5.20. The third-order valence-corrected chi connectivity index (χ3v) is 2.83. The minimum absolute atomic E-state index is 0.0261. The van der Waals surface area contributed by atoms with E-state index in [1.807, 2.05) is 41.2 Å². The van der Waals surface area contributed by atoms with Crippen LogP contribution in [0.5, 0.6) is 5.75 Å². The van der Waals surface area contributed by atoms with Gasteiger partial charge < -0.3 is 10.1 Å². The molecule has 0 aliphatic rings. The van der Waals surface area contributed by atoms with Gasteiger partial charge in [-0.25, -0.2) is 4.68 Å². The van der Waals surface area contributed by atoms with E-state index in [9.17, 15) is 0 Å². The molecule has 0 saturated heterocycles. The van der Waals surface area contributed by atoms with Crippen molar-refractivity contribution in [2.45, 2.75) is 32.9 Å². The van der Waals surface area contributed by atoms with Crippen LogP contribution in [0.25, 0.3) is 0 Å². The summed E-state index contributed by atoms with van der Waals surface area (Å²) in [6.07, 6.45) is 1.98. The first-order valence-corrected chi connectivity index (χ1v) is 6.86. The van der Waals surface area contributed by atoms with Crippen LogP contribution >= 0.6 is 0 Å². The summed E-state index contributed by atoms with van der Waals surface area (Å²) in [6, 6.07) is 9.81. The molecule has 0 saturated carbocycles. The van der Waals surface area contributed by atoms with Gasteiger partial charge in [0.2, 0.25) is 0 Å². The molecule has 0 aliphatic carbocycles. The quantitative estimate of drug-likeness (QED) is 0.821. The Balaban J connectivity index is 1.67. The lowest BCUT2D eigenvalue weighted by Crippen LogP contribution is -2.22.